The van der Waals surface area contributed by atoms with Gasteiger partial charge in [-0.05, 0) is 42.5 Å². The fourth-order valence-corrected chi connectivity index (χ4v) is 2.68. The predicted octanol–water partition coefficient (Wildman–Crippen LogP) is 4.26. The molecule has 2 rings (SSSR count). The Morgan fingerprint density at radius 3 is 2.44 bits per heavy atom. The number of nitrogens with one attached hydrogen (secondary N) is 1. The molecule has 0 unspecified atom stereocenters. The first-order chi connectivity index (χ1) is 12.9. The molecule has 6 nitrogen and oxygen atoms in total. The van der Waals surface area contributed by atoms with Crippen molar-refractivity contribution in [3.05, 3.63) is 57.5 Å². The number of ether oxygens (including phenoxy) is 2. The number of methoxy groups -OCH3 is 1. The second-order valence-electron chi connectivity index (χ2n) is 5.48. The molecule has 0 saturated heterocycles. The zero-order valence-electron chi connectivity index (χ0n) is 14.5. The van der Waals surface area contributed by atoms with Gasteiger partial charge in [0, 0.05) is 21.6 Å². The van der Waals surface area contributed by atoms with Gasteiger partial charge in [0.05, 0.1) is 19.1 Å². The number of ketones is 1. The Morgan fingerprint density at radius 1 is 1.07 bits per heavy atom. The molecule has 1 N–H and O–H groups in total. The van der Waals surface area contributed by atoms with Crippen LogP contribution < -0.4 is 10.1 Å². The number of Topliss-reactive ketones (excluding diaryl/α,β-unsaturated/α-hetero) is 1. The summed E-state index contributed by atoms with van der Waals surface area (Å²) in [5.41, 5.74) is 0.914. The summed E-state index contributed by atoms with van der Waals surface area (Å²) in [6.45, 7) is -0.435. The van der Waals surface area contributed by atoms with E-state index >= 15 is 0 Å². The molecule has 0 aliphatic heterocycles. The van der Waals surface area contributed by atoms with E-state index in [9.17, 15) is 14.4 Å². The van der Waals surface area contributed by atoms with E-state index in [-0.39, 0.29) is 18.6 Å². The summed E-state index contributed by atoms with van der Waals surface area (Å²) in [5.74, 6) is -0.941. The van der Waals surface area contributed by atoms with Gasteiger partial charge in [-0.15, -0.1) is 0 Å². The number of carbonyl (C=O) groups excluding carboxylic acids is 3. The van der Waals surface area contributed by atoms with Gasteiger partial charge in [0.2, 0.25) is 0 Å². The van der Waals surface area contributed by atoms with Gasteiger partial charge in [-0.2, -0.15) is 0 Å². The van der Waals surface area contributed by atoms with Gasteiger partial charge in [0.15, 0.2) is 12.4 Å². The molecular formula is C19H17BrClNO5. The van der Waals surface area contributed by atoms with Gasteiger partial charge in [-0.25, -0.2) is 0 Å². The van der Waals surface area contributed by atoms with Crippen LogP contribution in [-0.4, -0.2) is 31.4 Å². The van der Waals surface area contributed by atoms with E-state index in [1.807, 2.05) is 0 Å². The van der Waals surface area contributed by atoms with Crippen LogP contribution in [-0.2, 0) is 14.3 Å². The summed E-state index contributed by atoms with van der Waals surface area (Å²) in [6.07, 6.45) is -0.187. The Labute approximate surface area is 169 Å². The van der Waals surface area contributed by atoms with Gasteiger partial charge < -0.3 is 14.8 Å². The molecule has 1 amide bonds. The van der Waals surface area contributed by atoms with Gasteiger partial charge in [0.1, 0.15) is 5.75 Å². The maximum Gasteiger partial charge on any atom is 0.306 e. The lowest BCUT2D eigenvalue weighted by atomic mass is 10.1. The van der Waals surface area contributed by atoms with Crippen LogP contribution in [0.25, 0.3) is 0 Å². The minimum atomic E-state index is -0.636. The van der Waals surface area contributed by atoms with Crippen molar-refractivity contribution >= 4 is 50.9 Å². The first-order valence-electron chi connectivity index (χ1n) is 7.97. The zero-order chi connectivity index (χ0) is 19.8. The van der Waals surface area contributed by atoms with Crippen molar-refractivity contribution in [2.45, 2.75) is 12.8 Å². The highest BCUT2D eigenvalue weighted by Crippen LogP contribution is 2.24. The summed E-state index contributed by atoms with van der Waals surface area (Å²) in [4.78, 5) is 35.9. The number of halogens is 2. The lowest BCUT2D eigenvalue weighted by Crippen LogP contribution is -2.21. The Bertz CT molecular complexity index is 838. The van der Waals surface area contributed by atoms with E-state index in [4.69, 9.17) is 21.1 Å². The van der Waals surface area contributed by atoms with Crippen molar-refractivity contribution in [3.63, 3.8) is 0 Å². The Kier molecular flexibility index (Phi) is 7.82. The minimum Gasteiger partial charge on any atom is -0.496 e. The highest BCUT2D eigenvalue weighted by atomic mass is 79.9. The number of esters is 1. The molecule has 0 aromatic heterocycles. The number of anilines is 1. The maximum atomic E-state index is 12.3. The van der Waals surface area contributed by atoms with Crippen molar-refractivity contribution in [1.82, 2.24) is 0 Å². The molecule has 0 radical (unpaired) electrons. The molecular weight excluding hydrogens is 438 g/mol. The summed E-state index contributed by atoms with van der Waals surface area (Å²) in [5, 5.41) is 3.12. The Balaban J connectivity index is 1.79. The second kappa shape index (κ2) is 10.1. The minimum absolute atomic E-state index is 0.0511. The third kappa shape index (κ3) is 6.69. The molecule has 8 heteroatoms. The molecule has 0 atom stereocenters. The van der Waals surface area contributed by atoms with E-state index in [2.05, 4.69) is 21.2 Å². The number of carbonyl (C=O) groups is 3. The molecule has 0 heterocycles. The summed E-state index contributed by atoms with van der Waals surface area (Å²) in [7, 11) is 1.47. The summed E-state index contributed by atoms with van der Waals surface area (Å²) in [6, 6.07) is 11.6. The van der Waals surface area contributed by atoms with Crippen LogP contribution >= 0.6 is 27.5 Å². The Hall–Kier alpha value is -2.38. The molecule has 0 aliphatic carbocycles. The quantitative estimate of drug-likeness (QED) is 0.476. The summed E-state index contributed by atoms with van der Waals surface area (Å²) < 4.78 is 10.8. The van der Waals surface area contributed by atoms with Gasteiger partial charge in [-0.3, -0.25) is 14.4 Å². The van der Waals surface area contributed by atoms with E-state index < -0.39 is 18.5 Å². The number of benzene rings is 2. The number of amides is 1. The van der Waals surface area contributed by atoms with Gasteiger partial charge >= 0.3 is 5.97 Å². The largest absolute Gasteiger partial charge is 0.496 e. The van der Waals surface area contributed by atoms with Crippen molar-refractivity contribution in [1.29, 1.82) is 0 Å². The first kappa shape index (κ1) is 20.9. The molecule has 0 aliphatic rings. The highest BCUT2D eigenvalue weighted by Gasteiger charge is 2.16. The summed E-state index contributed by atoms with van der Waals surface area (Å²) >= 11 is 9.06. The van der Waals surface area contributed by atoms with Crippen LogP contribution in [0.5, 0.6) is 5.75 Å². The normalized spacial score (nSPS) is 10.2. The predicted molar refractivity (Wildman–Crippen MR) is 105 cm³/mol. The first-order valence-corrected chi connectivity index (χ1v) is 9.14. The molecule has 0 fully saturated rings. The van der Waals surface area contributed by atoms with E-state index in [0.717, 1.165) is 4.47 Å². The standard InChI is InChI=1S/C19H17BrClNO5/c1-26-17-8-2-12(20)10-15(17)16(23)7-9-19(25)27-11-18(24)22-14-5-3-13(21)4-6-14/h2-6,8,10H,7,9,11H2,1H3,(H,22,24). The van der Waals surface area contributed by atoms with E-state index in [0.29, 0.717) is 22.0 Å². The number of hydrogen-bond acceptors (Lipinski definition) is 5. The molecule has 0 bridgehead atoms. The fourth-order valence-electron chi connectivity index (χ4n) is 2.20. The van der Waals surface area contributed by atoms with Crippen LogP contribution in [0.4, 0.5) is 5.69 Å². The molecule has 142 valence electrons. The SMILES string of the molecule is COc1ccc(Br)cc1C(=O)CCC(=O)OCC(=O)Nc1ccc(Cl)cc1. The van der Waals surface area contributed by atoms with Gasteiger partial charge in [0.25, 0.3) is 5.91 Å². The van der Waals surface area contributed by atoms with Crippen LogP contribution in [0.3, 0.4) is 0 Å². The fraction of sp³-hybridized carbons (Fsp3) is 0.211. The Morgan fingerprint density at radius 2 is 1.78 bits per heavy atom. The molecule has 27 heavy (non-hydrogen) atoms. The number of hydrogen-bond donors (Lipinski definition) is 1. The van der Waals surface area contributed by atoms with Crippen molar-refractivity contribution < 1.29 is 23.9 Å². The van der Waals surface area contributed by atoms with E-state index in [1.54, 1.807) is 42.5 Å². The molecule has 2 aromatic rings. The average Bonchev–Trinajstić information content (AvgIpc) is 2.66. The van der Waals surface area contributed by atoms with Crippen LogP contribution in [0, 0.1) is 0 Å². The molecule has 2 aromatic carbocycles. The third-order valence-corrected chi connectivity index (χ3v) is 4.26. The maximum absolute atomic E-state index is 12.3. The zero-order valence-corrected chi connectivity index (χ0v) is 16.8. The van der Waals surface area contributed by atoms with Crippen LogP contribution in [0.2, 0.25) is 5.02 Å². The van der Waals surface area contributed by atoms with Crippen molar-refractivity contribution in [2.24, 2.45) is 0 Å². The molecule has 0 spiro atoms. The average molecular weight is 455 g/mol. The van der Waals surface area contributed by atoms with Gasteiger partial charge in [-0.1, -0.05) is 27.5 Å². The third-order valence-electron chi connectivity index (χ3n) is 3.51. The lowest BCUT2D eigenvalue weighted by molar-refractivity contribution is -0.147. The van der Waals surface area contributed by atoms with E-state index in [1.165, 1.54) is 7.11 Å². The van der Waals surface area contributed by atoms with Crippen molar-refractivity contribution in [3.8, 4) is 5.75 Å². The highest BCUT2D eigenvalue weighted by molar-refractivity contribution is 9.10. The number of rotatable bonds is 8. The topological polar surface area (TPSA) is 81.7 Å². The van der Waals surface area contributed by atoms with Crippen LogP contribution in [0.1, 0.15) is 23.2 Å². The lowest BCUT2D eigenvalue weighted by Gasteiger charge is -2.09. The second-order valence-corrected chi connectivity index (χ2v) is 6.84. The smallest absolute Gasteiger partial charge is 0.306 e. The van der Waals surface area contributed by atoms with Crippen molar-refractivity contribution in [2.75, 3.05) is 19.0 Å². The van der Waals surface area contributed by atoms with Crippen LogP contribution in [0.15, 0.2) is 46.9 Å². The molecule has 0 saturated carbocycles. The monoisotopic (exact) mass is 453 g/mol.